The maximum absolute atomic E-state index is 12.3. The summed E-state index contributed by atoms with van der Waals surface area (Å²) in [6.07, 6.45) is 2.63. The number of carbonyl (C=O) groups excluding carboxylic acids is 1. The summed E-state index contributed by atoms with van der Waals surface area (Å²) in [7, 11) is 0. The highest BCUT2D eigenvalue weighted by atomic mass is 16.4. The van der Waals surface area contributed by atoms with Gasteiger partial charge in [0.25, 0.3) is 5.91 Å². The van der Waals surface area contributed by atoms with Crippen LogP contribution in [0.5, 0.6) is 0 Å². The Morgan fingerprint density at radius 3 is 2.71 bits per heavy atom. The van der Waals surface area contributed by atoms with Crippen LogP contribution in [-0.2, 0) is 4.79 Å². The van der Waals surface area contributed by atoms with Gasteiger partial charge in [0.05, 0.1) is 5.56 Å². The van der Waals surface area contributed by atoms with E-state index in [9.17, 15) is 14.7 Å². The molecule has 1 unspecified atom stereocenters. The first kappa shape index (κ1) is 15.0. The average molecular weight is 290 g/mol. The van der Waals surface area contributed by atoms with Crippen molar-refractivity contribution in [3.63, 3.8) is 0 Å². The van der Waals surface area contributed by atoms with E-state index < -0.39 is 17.4 Å². The molecule has 0 aliphatic carbocycles. The molecule has 0 fully saturated rings. The van der Waals surface area contributed by atoms with E-state index in [0.717, 1.165) is 0 Å². The lowest BCUT2D eigenvalue weighted by Crippen LogP contribution is -2.52. The molecule has 2 N–H and O–H groups in total. The van der Waals surface area contributed by atoms with Gasteiger partial charge in [-0.2, -0.15) is 0 Å². The topological polar surface area (TPSA) is 96.6 Å². The number of aromatic nitrogens is 3. The van der Waals surface area contributed by atoms with E-state index in [2.05, 4.69) is 15.5 Å². The standard InChI is InChI=1S/C14H18N4O3/c1-4-7-14(3,13(20)21)15-12(19)10-5-6-11-17-16-9(2)18(11)8-10/h5-6,8H,4,7H2,1-3H3,(H,15,19)(H,20,21). The number of hydrogen-bond acceptors (Lipinski definition) is 4. The summed E-state index contributed by atoms with van der Waals surface area (Å²) < 4.78 is 1.69. The number of aliphatic carboxylic acids is 1. The van der Waals surface area contributed by atoms with Gasteiger partial charge < -0.3 is 10.4 Å². The molecule has 0 saturated heterocycles. The molecule has 0 aromatic carbocycles. The van der Waals surface area contributed by atoms with Gasteiger partial charge in [0.2, 0.25) is 0 Å². The molecule has 7 nitrogen and oxygen atoms in total. The summed E-state index contributed by atoms with van der Waals surface area (Å²) in [5.41, 5.74) is -0.268. The number of nitrogens with zero attached hydrogens (tertiary/aromatic N) is 3. The van der Waals surface area contributed by atoms with Crippen molar-refractivity contribution in [1.82, 2.24) is 19.9 Å². The molecule has 0 spiro atoms. The second-order valence-corrected chi connectivity index (χ2v) is 5.23. The third-order valence-electron chi connectivity index (χ3n) is 3.45. The monoisotopic (exact) mass is 290 g/mol. The number of carboxylic acid groups (broad SMARTS) is 1. The minimum atomic E-state index is -1.27. The minimum absolute atomic E-state index is 0.363. The summed E-state index contributed by atoms with van der Waals surface area (Å²) in [5, 5.41) is 19.7. The number of carbonyl (C=O) groups is 2. The molecule has 0 aliphatic heterocycles. The highest BCUT2D eigenvalue weighted by Crippen LogP contribution is 2.14. The molecular formula is C14H18N4O3. The van der Waals surface area contributed by atoms with Gasteiger partial charge in [-0.1, -0.05) is 13.3 Å². The Kier molecular flexibility index (Phi) is 3.93. The fraction of sp³-hybridized carbons (Fsp3) is 0.429. The van der Waals surface area contributed by atoms with E-state index >= 15 is 0 Å². The lowest BCUT2D eigenvalue weighted by atomic mass is 9.96. The first-order valence-electron chi connectivity index (χ1n) is 6.74. The molecule has 21 heavy (non-hydrogen) atoms. The second-order valence-electron chi connectivity index (χ2n) is 5.23. The molecule has 112 valence electrons. The molecule has 0 saturated carbocycles. The molecule has 2 rings (SSSR count). The van der Waals surface area contributed by atoms with Crippen molar-refractivity contribution in [3.8, 4) is 0 Å². The predicted molar refractivity (Wildman–Crippen MR) is 76.1 cm³/mol. The minimum Gasteiger partial charge on any atom is -0.480 e. The summed E-state index contributed by atoms with van der Waals surface area (Å²) in [6.45, 7) is 5.17. The smallest absolute Gasteiger partial charge is 0.329 e. The van der Waals surface area contributed by atoms with Gasteiger partial charge in [0, 0.05) is 6.20 Å². The number of amides is 1. The number of carboxylic acids is 1. The van der Waals surface area contributed by atoms with Crippen molar-refractivity contribution in [2.45, 2.75) is 39.2 Å². The van der Waals surface area contributed by atoms with Crippen LogP contribution in [0.3, 0.4) is 0 Å². The molecular weight excluding hydrogens is 272 g/mol. The Balaban J connectivity index is 2.29. The van der Waals surface area contributed by atoms with Gasteiger partial charge in [0.1, 0.15) is 11.4 Å². The van der Waals surface area contributed by atoms with E-state index in [-0.39, 0.29) is 0 Å². The van der Waals surface area contributed by atoms with Crippen molar-refractivity contribution in [3.05, 3.63) is 29.7 Å². The number of hydrogen-bond donors (Lipinski definition) is 2. The highest BCUT2D eigenvalue weighted by molar-refractivity contribution is 5.97. The number of nitrogens with one attached hydrogen (secondary N) is 1. The molecule has 7 heteroatoms. The van der Waals surface area contributed by atoms with E-state index in [1.54, 1.807) is 29.7 Å². The van der Waals surface area contributed by atoms with Gasteiger partial charge in [-0.3, -0.25) is 9.20 Å². The Hall–Kier alpha value is -2.44. The second kappa shape index (κ2) is 5.51. The van der Waals surface area contributed by atoms with Crippen LogP contribution >= 0.6 is 0 Å². The van der Waals surface area contributed by atoms with Gasteiger partial charge >= 0.3 is 5.97 Å². The lowest BCUT2D eigenvalue weighted by molar-refractivity contribution is -0.144. The third-order valence-corrected chi connectivity index (χ3v) is 3.45. The maximum atomic E-state index is 12.3. The number of rotatable bonds is 5. The van der Waals surface area contributed by atoms with Crippen LogP contribution in [0.15, 0.2) is 18.3 Å². The molecule has 1 amide bonds. The van der Waals surface area contributed by atoms with Crippen LogP contribution in [0.1, 0.15) is 42.9 Å². The molecule has 0 aliphatic rings. The van der Waals surface area contributed by atoms with E-state index in [4.69, 9.17) is 0 Å². The molecule has 2 aromatic rings. The molecule has 2 heterocycles. The summed E-state index contributed by atoms with van der Waals surface area (Å²) in [6, 6.07) is 3.28. The van der Waals surface area contributed by atoms with Crippen LogP contribution in [0, 0.1) is 6.92 Å². The fourth-order valence-electron chi connectivity index (χ4n) is 2.19. The van der Waals surface area contributed by atoms with E-state index in [1.165, 1.54) is 6.92 Å². The first-order valence-corrected chi connectivity index (χ1v) is 6.74. The fourth-order valence-corrected chi connectivity index (χ4v) is 2.19. The quantitative estimate of drug-likeness (QED) is 0.868. The van der Waals surface area contributed by atoms with Gasteiger partial charge in [-0.05, 0) is 32.4 Å². The van der Waals surface area contributed by atoms with Crippen molar-refractivity contribution in [2.75, 3.05) is 0 Å². The Morgan fingerprint density at radius 2 is 2.10 bits per heavy atom. The Bertz CT molecular complexity index is 695. The average Bonchev–Trinajstić information content (AvgIpc) is 2.80. The van der Waals surface area contributed by atoms with Crippen LogP contribution in [0.25, 0.3) is 5.65 Å². The zero-order valence-electron chi connectivity index (χ0n) is 12.3. The lowest BCUT2D eigenvalue weighted by Gasteiger charge is -2.25. The SMILES string of the molecule is CCCC(C)(NC(=O)c1ccc2nnc(C)n2c1)C(=O)O. The molecule has 0 bridgehead atoms. The van der Waals surface area contributed by atoms with Crippen LogP contribution in [0.4, 0.5) is 0 Å². The number of aryl methyl sites for hydroxylation is 1. The summed E-state index contributed by atoms with van der Waals surface area (Å²) in [4.78, 5) is 23.7. The largest absolute Gasteiger partial charge is 0.480 e. The normalized spacial score (nSPS) is 13.9. The van der Waals surface area contributed by atoms with Gasteiger partial charge in [-0.25, -0.2) is 4.79 Å². The van der Waals surface area contributed by atoms with Gasteiger partial charge in [0.15, 0.2) is 5.65 Å². The predicted octanol–water partition coefficient (Wildman–Crippen LogP) is 1.41. The molecule has 1 atom stereocenters. The van der Waals surface area contributed by atoms with Gasteiger partial charge in [-0.15, -0.1) is 10.2 Å². The number of fused-ring (bicyclic) bond motifs is 1. The third kappa shape index (κ3) is 2.86. The van der Waals surface area contributed by atoms with Crippen LogP contribution < -0.4 is 5.32 Å². The summed E-state index contributed by atoms with van der Waals surface area (Å²) in [5.74, 6) is -0.809. The molecule has 2 aromatic heterocycles. The molecule has 0 radical (unpaired) electrons. The zero-order chi connectivity index (χ0) is 15.6. The summed E-state index contributed by atoms with van der Waals surface area (Å²) >= 11 is 0. The van der Waals surface area contributed by atoms with Crippen molar-refractivity contribution in [1.29, 1.82) is 0 Å². The van der Waals surface area contributed by atoms with Crippen LogP contribution in [-0.4, -0.2) is 37.1 Å². The Morgan fingerprint density at radius 1 is 1.38 bits per heavy atom. The maximum Gasteiger partial charge on any atom is 0.329 e. The number of pyridine rings is 1. The van der Waals surface area contributed by atoms with E-state index in [0.29, 0.717) is 29.9 Å². The van der Waals surface area contributed by atoms with E-state index in [1.807, 2.05) is 6.92 Å². The van der Waals surface area contributed by atoms with Crippen LogP contribution in [0.2, 0.25) is 0 Å². The Labute approximate surface area is 122 Å². The van der Waals surface area contributed by atoms with Crippen molar-refractivity contribution < 1.29 is 14.7 Å². The highest BCUT2D eigenvalue weighted by Gasteiger charge is 2.34. The first-order chi connectivity index (χ1) is 9.87. The van der Waals surface area contributed by atoms with Crippen molar-refractivity contribution >= 4 is 17.5 Å². The zero-order valence-corrected chi connectivity index (χ0v) is 12.3. The van der Waals surface area contributed by atoms with Crippen molar-refractivity contribution in [2.24, 2.45) is 0 Å².